The van der Waals surface area contributed by atoms with E-state index in [-0.39, 0.29) is 6.42 Å². The van der Waals surface area contributed by atoms with Crippen molar-refractivity contribution in [3.63, 3.8) is 0 Å². The van der Waals surface area contributed by atoms with E-state index in [0.717, 1.165) is 38.5 Å². The molecule has 6 fully saturated rings. The van der Waals surface area contributed by atoms with E-state index in [0.29, 0.717) is 25.7 Å². The van der Waals surface area contributed by atoms with Crippen LogP contribution in [0.1, 0.15) is 112 Å². The van der Waals surface area contributed by atoms with Gasteiger partial charge in [0.1, 0.15) is 110 Å². The predicted octanol–water partition coefficient (Wildman–Crippen LogP) is -4.54. The van der Waals surface area contributed by atoms with Gasteiger partial charge in [0.05, 0.1) is 55.9 Å². The lowest BCUT2D eigenvalue weighted by molar-refractivity contribution is -0.398. The maximum Gasteiger partial charge on any atom is 0.303 e. The Bertz CT molecular complexity index is 1790. The lowest BCUT2D eigenvalue weighted by atomic mass is 9.81. The highest BCUT2D eigenvalue weighted by molar-refractivity contribution is 5.66. The third-order valence-corrected chi connectivity index (χ3v) is 16.2. The average Bonchev–Trinajstić information content (AvgIpc) is 3.46. The largest absolute Gasteiger partial charge is 0.481 e. The number of hydrogen-bond acceptors (Lipinski definition) is 27. The second kappa shape index (κ2) is 30.5. The molecule has 0 aromatic carbocycles. The molecule has 462 valence electrons. The molecule has 31 unspecified atom stereocenters. The van der Waals surface area contributed by atoms with E-state index in [2.05, 4.69) is 0 Å². The molecular weight excluding hydrogens is 1060 g/mol. The third-order valence-electron chi connectivity index (χ3n) is 16.2. The maximum absolute atomic E-state index is 12.5. The molecule has 28 nitrogen and oxygen atoms in total. The molecular formula is C51H90O28. The van der Waals surface area contributed by atoms with Crippen molar-refractivity contribution in [1.29, 1.82) is 0 Å². The first-order valence-corrected chi connectivity index (χ1v) is 27.9. The number of carboxylic acids is 1. The highest BCUT2D eigenvalue weighted by Crippen LogP contribution is 2.41. The number of unbranched alkanes of at least 4 members (excludes halogenated alkanes) is 6. The molecule has 0 bridgehead atoms. The summed E-state index contributed by atoms with van der Waals surface area (Å²) in [6, 6.07) is 0. The van der Waals surface area contributed by atoms with Gasteiger partial charge in [0.2, 0.25) is 0 Å². The molecule has 0 radical (unpaired) electrons. The van der Waals surface area contributed by atoms with Gasteiger partial charge < -0.3 is 134 Å². The second-order valence-corrected chi connectivity index (χ2v) is 22.1. The highest BCUT2D eigenvalue weighted by atomic mass is 16.8. The van der Waals surface area contributed by atoms with Gasteiger partial charge in [-0.05, 0) is 53.4 Å². The summed E-state index contributed by atoms with van der Waals surface area (Å²) >= 11 is 0. The average molecular weight is 1150 g/mol. The molecule has 0 aliphatic carbocycles. The van der Waals surface area contributed by atoms with Crippen LogP contribution in [0.4, 0.5) is 0 Å². The van der Waals surface area contributed by atoms with Gasteiger partial charge in [-0.15, -0.1) is 0 Å². The minimum Gasteiger partial charge on any atom is -0.481 e. The van der Waals surface area contributed by atoms with E-state index < -0.39 is 216 Å². The van der Waals surface area contributed by atoms with Crippen molar-refractivity contribution in [3.05, 3.63) is 0 Å². The van der Waals surface area contributed by atoms with Crippen molar-refractivity contribution < 1.29 is 139 Å². The van der Waals surface area contributed by atoms with Gasteiger partial charge in [-0.3, -0.25) is 4.79 Å². The fourth-order valence-electron chi connectivity index (χ4n) is 11.3. The van der Waals surface area contributed by atoms with Crippen molar-refractivity contribution in [1.82, 2.24) is 0 Å². The zero-order valence-corrected chi connectivity index (χ0v) is 45.4. The number of aliphatic hydroxyl groups is 15. The number of ether oxygens (including phenoxy) is 11. The van der Waals surface area contributed by atoms with Crippen LogP contribution in [-0.4, -0.2) is 285 Å². The standard InChI is InChI=1S/C51H90O28/c1-6-14-24(15-12-10-8-7-9-11-13-16-29(54)55)73-50-45(38(64)32(58)22(4)71-50)79-51-46(40(66)35(61)28(19-53)75-51)78-47-33(59)25(43(23(5)72-47)76-48-41(67)36(62)30(56)20(2)69-48)17-26-44(39(65)34(60)27(18-52)74-26)77-49-42(68)37(63)31(57)21(3)70-49/h20-28,30-53,56-68H,6-19H2,1-5H3,(H,54,55). The third kappa shape index (κ3) is 16.2. The summed E-state index contributed by atoms with van der Waals surface area (Å²) in [6.07, 6.45) is -40.8. The summed E-state index contributed by atoms with van der Waals surface area (Å²) in [6.45, 7) is 5.96. The number of aliphatic hydroxyl groups excluding tert-OH is 15. The van der Waals surface area contributed by atoms with Crippen molar-refractivity contribution in [2.75, 3.05) is 13.2 Å². The number of aliphatic carboxylic acids is 1. The summed E-state index contributed by atoms with van der Waals surface area (Å²) < 4.78 is 67.2. The summed E-state index contributed by atoms with van der Waals surface area (Å²) in [4.78, 5) is 10.8. The Morgan fingerprint density at radius 1 is 0.405 bits per heavy atom. The molecule has 0 spiro atoms. The van der Waals surface area contributed by atoms with Crippen molar-refractivity contribution in [2.24, 2.45) is 5.92 Å². The number of hydrogen-bond donors (Lipinski definition) is 16. The van der Waals surface area contributed by atoms with Crippen molar-refractivity contribution >= 4 is 5.97 Å². The lowest BCUT2D eigenvalue weighted by Crippen LogP contribution is -2.67. The molecule has 79 heavy (non-hydrogen) atoms. The molecule has 6 rings (SSSR count). The normalized spacial score (nSPS) is 47.4. The van der Waals surface area contributed by atoms with Crippen LogP contribution in [0.5, 0.6) is 0 Å². The van der Waals surface area contributed by atoms with Crippen LogP contribution < -0.4 is 0 Å². The van der Waals surface area contributed by atoms with E-state index in [1.165, 1.54) is 27.7 Å². The number of carboxylic acid groups (broad SMARTS) is 1. The van der Waals surface area contributed by atoms with Gasteiger partial charge in [-0.25, -0.2) is 0 Å². The summed E-state index contributed by atoms with van der Waals surface area (Å²) in [5.41, 5.74) is 0. The monoisotopic (exact) mass is 1150 g/mol. The molecule has 6 saturated heterocycles. The van der Waals surface area contributed by atoms with E-state index in [4.69, 9.17) is 57.2 Å². The number of carbonyl (C=O) groups is 1. The van der Waals surface area contributed by atoms with Crippen molar-refractivity contribution in [2.45, 2.75) is 296 Å². The first kappa shape index (κ1) is 66.6. The fraction of sp³-hybridized carbons (Fsp3) is 0.980. The lowest BCUT2D eigenvalue weighted by Gasteiger charge is -2.51. The maximum atomic E-state index is 12.5. The smallest absolute Gasteiger partial charge is 0.303 e. The van der Waals surface area contributed by atoms with Crippen LogP contribution in [0.2, 0.25) is 0 Å². The second-order valence-electron chi connectivity index (χ2n) is 22.1. The first-order valence-electron chi connectivity index (χ1n) is 27.9. The molecule has 0 aromatic rings. The SMILES string of the molecule is CCCC(CCCCCCCCCC(=O)O)OC1OC(C)C(O)C(O)C1OC1OC(CO)C(O)C(O)C1OC1OC(C)C(OC2OC(C)C(O)C(O)C2O)C(CC2OC(CO)C(O)C(O)C2OC2OC(C)C(O)C(O)C2O)C1O. The molecule has 6 aliphatic heterocycles. The van der Waals surface area contributed by atoms with Crippen LogP contribution >= 0.6 is 0 Å². The molecule has 31 atom stereocenters. The van der Waals surface area contributed by atoms with Gasteiger partial charge in [-0.2, -0.15) is 0 Å². The summed E-state index contributed by atoms with van der Waals surface area (Å²) in [5, 5.41) is 175. The van der Waals surface area contributed by atoms with Crippen LogP contribution in [0.25, 0.3) is 0 Å². The Morgan fingerprint density at radius 2 is 0.823 bits per heavy atom. The van der Waals surface area contributed by atoms with E-state index in [1.807, 2.05) is 6.92 Å². The number of rotatable bonds is 26. The first-order chi connectivity index (χ1) is 37.4. The molecule has 0 amide bonds. The molecule has 6 aliphatic rings. The zero-order valence-electron chi connectivity index (χ0n) is 45.4. The van der Waals surface area contributed by atoms with Crippen LogP contribution in [0, 0.1) is 5.92 Å². The zero-order chi connectivity index (χ0) is 58.2. The van der Waals surface area contributed by atoms with E-state index >= 15 is 0 Å². The summed E-state index contributed by atoms with van der Waals surface area (Å²) in [5.74, 6) is -2.25. The Balaban J connectivity index is 1.27. The van der Waals surface area contributed by atoms with Crippen LogP contribution in [0.3, 0.4) is 0 Å². The molecule has 0 aromatic heterocycles. The summed E-state index contributed by atoms with van der Waals surface area (Å²) in [7, 11) is 0. The van der Waals surface area contributed by atoms with Gasteiger partial charge >= 0.3 is 5.97 Å². The minimum absolute atomic E-state index is 0.133. The molecule has 6 heterocycles. The highest BCUT2D eigenvalue weighted by Gasteiger charge is 2.58. The van der Waals surface area contributed by atoms with Crippen molar-refractivity contribution in [3.8, 4) is 0 Å². The molecule has 16 N–H and O–H groups in total. The van der Waals surface area contributed by atoms with Crippen LogP contribution in [-0.2, 0) is 56.9 Å². The topological polar surface area (TPSA) is 442 Å². The van der Waals surface area contributed by atoms with Gasteiger partial charge in [0.15, 0.2) is 31.5 Å². The van der Waals surface area contributed by atoms with Gasteiger partial charge in [0, 0.05) is 12.3 Å². The Hall–Kier alpha value is -1.57. The van der Waals surface area contributed by atoms with E-state index in [9.17, 15) is 81.4 Å². The minimum atomic E-state index is -2.01. The quantitative estimate of drug-likeness (QED) is 0.0363. The molecule has 0 saturated carbocycles. The van der Waals surface area contributed by atoms with E-state index in [1.54, 1.807) is 0 Å². The van der Waals surface area contributed by atoms with Gasteiger partial charge in [-0.1, -0.05) is 51.9 Å². The Labute approximate surface area is 458 Å². The Kier molecular flexibility index (Phi) is 25.7. The molecule has 28 heteroatoms. The predicted molar refractivity (Wildman–Crippen MR) is 263 cm³/mol. The fourth-order valence-corrected chi connectivity index (χ4v) is 11.3. The Morgan fingerprint density at radius 3 is 1.37 bits per heavy atom. The van der Waals surface area contributed by atoms with Crippen LogP contribution in [0.15, 0.2) is 0 Å². The van der Waals surface area contributed by atoms with Gasteiger partial charge in [0.25, 0.3) is 0 Å².